The number of non-ortho nitro benzene ring substituents is 1. The van der Waals surface area contributed by atoms with Crippen LogP contribution in [0.4, 0.5) is 11.4 Å². The molecule has 2 aromatic heterocycles. The average Bonchev–Trinajstić information content (AvgIpc) is 3.46. The van der Waals surface area contributed by atoms with E-state index >= 15 is 0 Å². The van der Waals surface area contributed by atoms with Crippen molar-refractivity contribution in [2.24, 2.45) is 4.99 Å². The molecule has 5 rings (SSSR count). The molecule has 0 N–H and O–H groups in total. The van der Waals surface area contributed by atoms with Crippen molar-refractivity contribution in [3.05, 3.63) is 99.8 Å². The van der Waals surface area contributed by atoms with Crippen molar-refractivity contribution in [2.45, 2.75) is 13.8 Å². The lowest BCUT2D eigenvalue weighted by Gasteiger charge is -1.97. The van der Waals surface area contributed by atoms with E-state index in [0.29, 0.717) is 23.0 Å². The van der Waals surface area contributed by atoms with Crippen LogP contribution in [-0.4, -0.2) is 16.1 Å². The molecule has 0 unspecified atom stereocenters. The van der Waals surface area contributed by atoms with Crippen molar-refractivity contribution in [3.8, 4) is 22.8 Å². The van der Waals surface area contributed by atoms with Gasteiger partial charge in [0.25, 0.3) is 5.69 Å². The molecule has 7 nitrogen and oxygen atoms in total. The van der Waals surface area contributed by atoms with Gasteiger partial charge >= 0.3 is 0 Å². The highest BCUT2D eigenvalue weighted by molar-refractivity contribution is 5.81. The molecule has 0 aliphatic heterocycles. The van der Waals surface area contributed by atoms with E-state index in [1.165, 1.54) is 23.3 Å². The van der Waals surface area contributed by atoms with Gasteiger partial charge in [0.2, 0.25) is 5.89 Å². The summed E-state index contributed by atoms with van der Waals surface area (Å²) in [5.41, 5.74) is 6.22. The van der Waals surface area contributed by atoms with Gasteiger partial charge in [0.05, 0.1) is 16.8 Å². The summed E-state index contributed by atoms with van der Waals surface area (Å²) in [4.78, 5) is 19.6. The molecule has 0 atom stereocenters. The van der Waals surface area contributed by atoms with Crippen LogP contribution in [0, 0.1) is 24.0 Å². The maximum Gasteiger partial charge on any atom is 0.270 e. The maximum atomic E-state index is 11.0. The van der Waals surface area contributed by atoms with Crippen molar-refractivity contribution in [1.82, 2.24) is 4.98 Å². The molecule has 3 aromatic carbocycles. The molecule has 0 spiro atoms. The number of aliphatic imine (C=N–C) groups is 1. The molecule has 5 aromatic rings. The van der Waals surface area contributed by atoms with E-state index in [-0.39, 0.29) is 5.69 Å². The van der Waals surface area contributed by atoms with Crippen molar-refractivity contribution < 1.29 is 13.8 Å². The number of nitro groups is 1. The number of oxazole rings is 1. The van der Waals surface area contributed by atoms with Crippen molar-refractivity contribution in [3.63, 3.8) is 0 Å². The SMILES string of the molecule is Cc1cc2nc(-c3ccc(N=Cc4ccc(-c5cccc([N+](=O)[O-])c5)o4)cc3)oc2cc1C. The van der Waals surface area contributed by atoms with Gasteiger partial charge in [-0.25, -0.2) is 4.98 Å². The van der Waals surface area contributed by atoms with E-state index in [9.17, 15) is 10.1 Å². The largest absolute Gasteiger partial charge is 0.455 e. The Morgan fingerprint density at radius 2 is 1.70 bits per heavy atom. The zero-order valence-electron chi connectivity index (χ0n) is 18.0. The van der Waals surface area contributed by atoms with Crippen LogP contribution in [-0.2, 0) is 0 Å². The summed E-state index contributed by atoms with van der Waals surface area (Å²) in [6.07, 6.45) is 1.61. The lowest BCUT2D eigenvalue weighted by atomic mass is 10.1. The molecular formula is C26H19N3O4. The quantitative estimate of drug-likeness (QED) is 0.167. The highest BCUT2D eigenvalue weighted by Crippen LogP contribution is 2.28. The normalized spacial score (nSPS) is 11.5. The van der Waals surface area contributed by atoms with Gasteiger partial charge in [0, 0.05) is 23.3 Å². The minimum atomic E-state index is -0.429. The average molecular weight is 437 g/mol. The maximum absolute atomic E-state index is 11.0. The van der Waals surface area contributed by atoms with Gasteiger partial charge in [-0.15, -0.1) is 0 Å². The van der Waals surface area contributed by atoms with Crippen LogP contribution < -0.4 is 0 Å². The molecule has 0 fully saturated rings. The molecule has 33 heavy (non-hydrogen) atoms. The molecule has 0 saturated heterocycles. The molecule has 0 aliphatic carbocycles. The first-order chi connectivity index (χ1) is 16.0. The summed E-state index contributed by atoms with van der Waals surface area (Å²) in [5.74, 6) is 1.65. The third-order valence-electron chi connectivity index (χ3n) is 5.43. The van der Waals surface area contributed by atoms with E-state index in [1.54, 1.807) is 30.5 Å². The third-order valence-corrected chi connectivity index (χ3v) is 5.43. The van der Waals surface area contributed by atoms with Gasteiger partial charge in [-0.1, -0.05) is 12.1 Å². The van der Waals surface area contributed by atoms with Crippen LogP contribution in [0.3, 0.4) is 0 Å². The Morgan fingerprint density at radius 1 is 0.909 bits per heavy atom. The zero-order chi connectivity index (χ0) is 22.9. The van der Waals surface area contributed by atoms with Gasteiger partial charge < -0.3 is 8.83 Å². The number of fused-ring (bicyclic) bond motifs is 1. The Kier molecular flexibility index (Phi) is 5.06. The second kappa shape index (κ2) is 8.20. The van der Waals surface area contributed by atoms with Crippen molar-refractivity contribution in [1.29, 1.82) is 0 Å². The Morgan fingerprint density at radius 3 is 2.48 bits per heavy atom. The number of furan rings is 1. The highest BCUT2D eigenvalue weighted by atomic mass is 16.6. The van der Waals surface area contributed by atoms with Crippen molar-refractivity contribution >= 4 is 28.7 Å². The number of aryl methyl sites for hydroxylation is 2. The summed E-state index contributed by atoms with van der Waals surface area (Å²) in [7, 11) is 0. The predicted octanol–water partition coefficient (Wildman–Crippen LogP) is 7.03. The number of rotatable bonds is 5. The molecule has 0 radical (unpaired) electrons. The summed E-state index contributed by atoms with van der Waals surface area (Å²) >= 11 is 0. The molecule has 2 heterocycles. The number of hydrogen-bond acceptors (Lipinski definition) is 6. The minimum Gasteiger partial charge on any atom is -0.455 e. The number of benzene rings is 3. The topological polar surface area (TPSA) is 94.7 Å². The smallest absolute Gasteiger partial charge is 0.270 e. The van der Waals surface area contributed by atoms with Crippen LogP contribution >= 0.6 is 0 Å². The van der Waals surface area contributed by atoms with Crippen LogP contribution in [0.15, 0.2) is 86.6 Å². The molecular weight excluding hydrogens is 418 g/mol. The van der Waals surface area contributed by atoms with Crippen LogP contribution in [0.5, 0.6) is 0 Å². The Balaban J connectivity index is 1.33. The molecule has 0 saturated carbocycles. The van der Waals surface area contributed by atoms with Gasteiger partial charge in [0.1, 0.15) is 17.0 Å². The minimum absolute atomic E-state index is 0.0171. The van der Waals surface area contributed by atoms with E-state index in [0.717, 1.165) is 22.4 Å². The first kappa shape index (κ1) is 20.4. The Hall–Kier alpha value is -4.52. The zero-order valence-corrected chi connectivity index (χ0v) is 18.0. The van der Waals surface area contributed by atoms with Crippen LogP contribution in [0.25, 0.3) is 33.9 Å². The van der Waals surface area contributed by atoms with Crippen LogP contribution in [0.2, 0.25) is 0 Å². The van der Waals surface area contributed by atoms with E-state index < -0.39 is 4.92 Å². The Labute approximate surface area is 189 Å². The first-order valence-corrected chi connectivity index (χ1v) is 10.3. The summed E-state index contributed by atoms with van der Waals surface area (Å²) in [6.45, 7) is 4.11. The molecule has 162 valence electrons. The summed E-state index contributed by atoms with van der Waals surface area (Å²) < 4.78 is 11.7. The lowest BCUT2D eigenvalue weighted by molar-refractivity contribution is -0.384. The van der Waals surface area contributed by atoms with E-state index in [1.807, 2.05) is 36.4 Å². The van der Waals surface area contributed by atoms with Gasteiger partial charge in [-0.2, -0.15) is 0 Å². The van der Waals surface area contributed by atoms with Gasteiger partial charge in [-0.3, -0.25) is 15.1 Å². The second-order valence-electron chi connectivity index (χ2n) is 7.74. The van der Waals surface area contributed by atoms with Crippen LogP contribution in [0.1, 0.15) is 16.9 Å². The number of nitrogens with zero attached hydrogens (tertiary/aromatic N) is 3. The third kappa shape index (κ3) is 4.16. The number of hydrogen-bond donors (Lipinski definition) is 0. The molecule has 0 bridgehead atoms. The second-order valence-corrected chi connectivity index (χ2v) is 7.74. The summed E-state index contributed by atoms with van der Waals surface area (Å²) in [5, 5.41) is 11.0. The fourth-order valence-corrected chi connectivity index (χ4v) is 3.48. The first-order valence-electron chi connectivity index (χ1n) is 10.3. The fraction of sp³-hybridized carbons (Fsp3) is 0.0769. The van der Waals surface area contributed by atoms with Crippen molar-refractivity contribution in [2.75, 3.05) is 0 Å². The monoisotopic (exact) mass is 437 g/mol. The standard InChI is InChI=1S/C26H19N3O4/c1-16-12-23-25(13-17(16)2)33-26(28-23)18-6-8-20(9-7-18)27-15-22-10-11-24(32-22)19-4-3-5-21(14-19)29(30)31/h3-15H,1-2H3. The van der Waals surface area contributed by atoms with E-state index in [2.05, 4.69) is 23.8 Å². The lowest BCUT2D eigenvalue weighted by Crippen LogP contribution is -1.87. The van der Waals surface area contributed by atoms with Gasteiger partial charge in [0.15, 0.2) is 5.58 Å². The number of nitro benzene ring substituents is 1. The highest BCUT2D eigenvalue weighted by Gasteiger charge is 2.11. The molecule has 0 aliphatic rings. The van der Waals surface area contributed by atoms with E-state index in [4.69, 9.17) is 8.83 Å². The Bertz CT molecular complexity index is 1470. The number of aromatic nitrogens is 1. The summed E-state index contributed by atoms with van der Waals surface area (Å²) in [6, 6.07) is 21.5. The fourth-order valence-electron chi connectivity index (χ4n) is 3.48. The predicted molar refractivity (Wildman–Crippen MR) is 127 cm³/mol. The molecule has 7 heteroatoms. The van der Waals surface area contributed by atoms with Gasteiger partial charge in [-0.05, 0) is 73.5 Å². The molecule has 0 amide bonds.